The van der Waals surface area contributed by atoms with Gasteiger partial charge in [0.15, 0.2) is 0 Å². The number of hydrogen-bond acceptors (Lipinski definition) is 3. The number of benzene rings is 8. The van der Waals surface area contributed by atoms with Gasteiger partial charge in [-0.25, -0.2) is 0 Å². The Labute approximate surface area is 295 Å². The van der Waals surface area contributed by atoms with Crippen LogP contribution in [0.15, 0.2) is 197 Å². The molecule has 0 N–H and O–H groups in total. The van der Waals surface area contributed by atoms with Crippen molar-refractivity contribution in [3.8, 4) is 33.4 Å². The van der Waals surface area contributed by atoms with E-state index in [-0.39, 0.29) is 0 Å². The summed E-state index contributed by atoms with van der Waals surface area (Å²) >= 11 is 0. The van der Waals surface area contributed by atoms with Gasteiger partial charge in [0.05, 0.1) is 11.4 Å². The number of para-hydroxylation sites is 3. The molecule has 0 bridgehead atoms. The first-order valence-corrected chi connectivity index (χ1v) is 17.3. The van der Waals surface area contributed by atoms with Crippen LogP contribution < -0.4 is 4.90 Å². The van der Waals surface area contributed by atoms with E-state index in [0.29, 0.717) is 0 Å². The monoisotopic (exact) mass is 653 g/mol. The van der Waals surface area contributed by atoms with Crippen LogP contribution in [0.25, 0.3) is 77.3 Å². The van der Waals surface area contributed by atoms with Crippen molar-refractivity contribution in [1.82, 2.24) is 0 Å². The fourth-order valence-corrected chi connectivity index (χ4v) is 7.56. The van der Waals surface area contributed by atoms with E-state index < -0.39 is 0 Å². The number of furan rings is 2. The van der Waals surface area contributed by atoms with Crippen LogP contribution in [0.2, 0.25) is 0 Å². The molecule has 51 heavy (non-hydrogen) atoms. The summed E-state index contributed by atoms with van der Waals surface area (Å²) in [4.78, 5) is 2.39. The second-order valence-corrected chi connectivity index (χ2v) is 12.9. The number of nitrogens with zero attached hydrogens (tertiary/aromatic N) is 1. The van der Waals surface area contributed by atoms with Gasteiger partial charge in [-0.1, -0.05) is 133 Å². The summed E-state index contributed by atoms with van der Waals surface area (Å²) in [6, 6.07) is 66.2. The van der Waals surface area contributed by atoms with Crippen molar-refractivity contribution in [2.45, 2.75) is 0 Å². The van der Waals surface area contributed by atoms with E-state index in [0.717, 1.165) is 88.8 Å². The lowest BCUT2D eigenvalue weighted by Gasteiger charge is -2.30. The summed E-state index contributed by atoms with van der Waals surface area (Å²) in [7, 11) is 0. The third-order valence-corrected chi connectivity index (χ3v) is 9.87. The summed E-state index contributed by atoms with van der Waals surface area (Å²) in [5.74, 6) is 0. The van der Waals surface area contributed by atoms with Gasteiger partial charge in [0.1, 0.15) is 22.3 Å². The number of anilines is 3. The molecule has 0 aliphatic carbocycles. The molecule has 0 unspecified atom stereocenters. The maximum atomic E-state index is 6.53. The summed E-state index contributed by atoms with van der Waals surface area (Å²) < 4.78 is 13.0. The molecule has 0 spiro atoms. The molecule has 0 amide bonds. The molecule has 0 radical (unpaired) electrons. The van der Waals surface area contributed by atoms with Crippen LogP contribution in [0.4, 0.5) is 17.1 Å². The van der Waals surface area contributed by atoms with E-state index in [1.807, 2.05) is 18.2 Å². The molecular weight excluding hydrogens is 623 g/mol. The topological polar surface area (TPSA) is 29.5 Å². The van der Waals surface area contributed by atoms with E-state index in [1.54, 1.807) is 0 Å². The van der Waals surface area contributed by atoms with E-state index in [4.69, 9.17) is 8.83 Å². The van der Waals surface area contributed by atoms with Gasteiger partial charge in [-0.2, -0.15) is 0 Å². The standard InChI is InChI=1S/C48H31NO2/c1-3-14-32(15-4-1)34-18-13-19-35(30-34)47-42(28-29-45-48(47)40-22-9-12-25-44(40)50-45)49(41-23-10-7-20-37(41)33-16-5-2-6-17-33)36-26-27-39-38-21-8-11-24-43(38)51-46(39)31-36/h1-31H. The number of fused-ring (bicyclic) bond motifs is 6. The predicted octanol–water partition coefficient (Wildman–Crippen LogP) is 14.0. The van der Waals surface area contributed by atoms with Crippen LogP contribution in [-0.2, 0) is 0 Å². The molecule has 0 aliphatic rings. The van der Waals surface area contributed by atoms with Crippen molar-refractivity contribution in [3.05, 3.63) is 188 Å². The van der Waals surface area contributed by atoms with Crippen molar-refractivity contribution in [3.63, 3.8) is 0 Å². The van der Waals surface area contributed by atoms with Gasteiger partial charge in [0, 0.05) is 44.4 Å². The highest BCUT2D eigenvalue weighted by atomic mass is 16.3. The molecule has 0 aliphatic heterocycles. The normalized spacial score (nSPS) is 11.5. The molecule has 0 atom stereocenters. The van der Waals surface area contributed by atoms with Gasteiger partial charge in [0.2, 0.25) is 0 Å². The average molecular weight is 654 g/mol. The Morgan fingerprint density at radius 2 is 0.941 bits per heavy atom. The Morgan fingerprint density at radius 1 is 0.333 bits per heavy atom. The summed E-state index contributed by atoms with van der Waals surface area (Å²) in [5.41, 5.74) is 13.4. The second kappa shape index (κ2) is 11.9. The van der Waals surface area contributed by atoms with Crippen LogP contribution >= 0.6 is 0 Å². The smallest absolute Gasteiger partial charge is 0.137 e. The highest BCUT2D eigenvalue weighted by Crippen LogP contribution is 2.50. The minimum Gasteiger partial charge on any atom is -0.456 e. The number of rotatable bonds is 6. The zero-order valence-corrected chi connectivity index (χ0v) is 27.7. The largest absolute Gasteiger partial charge is 0.456 e. The summed E-state index contributed by atoms with van der Waals surface area (Å²) in [5, 5.41) is 4.37. The van der Waals surface area contributed by atoms with Crippen LogP contribution in [0.1, 0.15) is 0 Å². The van der Waals surface area contributed by atoms with Gasteiger partial charge in [0.25, 0.3) is 0 Å². The third kappa shape index (κ3) is 4.90. The molecule has 10 aromatic rings. The fourth-order valence-electron chi connectivity index (χ4n) is 7.56. The van der Waals surface area contributed by atoms with Crippen molar-refractivity contribution in [2.24, 2.45) is 0 Å². The Bertz CT molecular complexity index is 2860. The van der Waals surface area contributed by atoms with Gasteiger partial charge in [-0.15, -0.1) is 0 Å². The fraction of sp³-hybridized carbons (Fsp3) is 0. The quantitative estimate of drug-likeness (QED) is 0.179. The highest BCUT2D eigenvalue weighted by Gasteiger charge is 2.25. The van der Waals surface area contributed by atoms with Crippen molar-refractivity contribution in [1.29, 1.82) is 0 Å². The zero-order chi connectivity index (χ0) is 33.7. The van der Waals surface area contributed by atoms with E-state index >= 15 is 0 Å². The SMILES string of the molecule is c1ccc(-c2cccc(-c3c(N(c4ccc5c(c4)oc4ccccc45)c4ccccc4-c4ccccc4)ccc4oc5ccccc5c34)c2)cc1. The number of hydrogen-bond donors (Lipinski definition) is 0. The predicted molar refractivity (Wildman–Crippen MR) is 212 cm³/mol. The van der Waals surface area contributed by atoms with Crippen molar-refractivity contribution >= 4 is 60.9 Å². The molecular formula is C48H31NO2. The molecule has 0 saturated carbocycles. The van der Waals surface area contributed by atoms with Gasteiger partial charge >= 0.3 is 0 Å². The molecule has 2 aromatic heterocycles. The van der Waals surface area contributed by atoms with Crippen molar-refractivity contribution < 1.29 is 8.83 Å². The van der Waals surface area contributed by atoms with Crippen LogP contribution in [0.3, 0.4) is 0 Å². The molecule has 240 valence electrons. The lowest BCUT2D eigenvalue weighted by molar-refractivity contribution is 0.668. The first kappa shape index (κ1) is 29.1. The minimum absolute atomic E-state index is 0.846. The second-order valence-electron chi connectivity index (χ2n) is 12.9. The van der Waals surface area contributed by atoms with Crippen LogP contribution in [0, 0.1) is 0 Å². The molecule has 10 rings (SSSR count). The molecule has 0 fully saturated rings. The Kier molecular flexibility index (Phi) is 6.81. The maximum Gasteiger partial charge on any atom is 0.137 e. The first-order chi connectivity index (χ1) is 25.3. The summed E-state index contributed by atoms with van der Waals surface area (Å²) in [6.45, 7) is 0. The highest BCUT2D eigenvalue weighted by molar-refractivity contribution is 6.17. The van der Waals surface area contributed by atoms with Gasteiger partial charge in [-0.05, 0) is 70.8 Å². The van der Waals surface area contributed by atoms with E-state index in [9.17, 15) is 0 Å². The third-order valence-electron chi connectivity index (χ3n) is 9.87. The average Bonchev–Trinajstić information content (AvgIpc) is 3.77. The Balaban J connectivity index is 1.31. The first-order valence-electron chi connectivity index (χ1n) is 17.3. The Morgan fingerprint density at radius 3 is 1.76 bits per heavy atom. The summed E-state index contributed by atoms with van der Waals surface area (Å²) in [6.07, 6.45) is 0. The van der Waals surface area contributed by atoms with Gasteiger partial charge < -0.3 is 13.7 Å². The molecule has 8 aromatic carbocycles. The molecule has 2 heterocycles. The van der Waals surface area contributed by atoms with Gasteiger partial charge in [-0.3, -0.25) is 0 Å². The molecule has 3 heteroatoms. The molecule has 3 nitrogen and oxygen atoms in total. The zero-order valence-electron chi connectivity index (χ0n) is 27.7. The van der Waals surface area contributed by atoms with E-state index in [2.05, 4.69) is 175 Å². The molecule has 0 saturated heterocycles. The minimum atomic E-state index is 0.846. The lowest BCUT2D eigenvalue weighted by atomic mass is 9.93. The Hall–Kier alpha value is -6.84. The van der Waals surface area contributed by atoms with Crippen LogP contribution in [0.5, 0.6) is 0 Å². The lowest BCUT2D eigenvalue weighted by Crippen LogP contribution is -2.12. The van der Waals surface area contributed by atoms with E-state index in [1.165, 1.54) is 5.56 Å². The van der Waals surface area contributed by atoms with Crippen molar-refractivity contribution in [2.75, 3.05) is 4.90 Å². The van der Waals surface area contributed by atoms with Crippen LogP contribution in [-0.4, -0.2) is 0 Å². The maximum absolute atomic E-state index is 6.53.